The first-order valence-corrected chi connectivity index (χ1v) is 5.40. The van der Waals surface area contributed by atoms with Gasteiger partial charge in [-0.2, -0.15) is 0 Å². The molecule has 16 heavy (non-hydrogen) atoms. The first-order chi connectivity index (χ1) is 7.69. The predicted molar refractivity (Wildman–Crippen MR) is 65.4 cm³/mol. The minimum absolute atomic E-state index is 0.112. The van der Waals surface area contributed by atoms with Gasteiger partial charge < -0.3 is 10.2 Å². The number of hydrogen-bond acceptors (Lipinski definition) is 3. The van der Waals surface area contributed by atoms with E-state index < -0.39 is 0 Å². The van der Waals surface area contributed by atoms with Crippen molar-refractivity contribution in [1.29, 1.82) is 0 Å². The maximum Gasteiger partial charge on any atom is 0.122 e. The quantitative estimate of drug-likeness (QED) is 0.718. The van der Waals surface area contributed by atoms with Crippen molar-refractivity contribution in [3.05, 3.63) is 42.0 Å². The molecule has 0 unspecified atom stereocenters. The lowest BCUT2D eigenvalue weighted by molar-refractivity contribution is 0.202. The summed E-state index contributed by atoms with van der Waals surface area (Å²) < 4.78 is 0. The van der Waals surface area contributed by atoms with Gasteiger partial charge in [-0.15, -0.1) is 6.58 Å². The number of hydrogen-bond donors (Lipinski definition) is 2. The van der Waals surface area contributed by atoms with E-state index >= 15 is 0 Å². The Hall–Kier alpha value is -1.32. The zero-order chi connectivity index (χ0) is 12.0. The number of para-hydroxylation sites is 1. The van der Waals surface area contributed by atoms with Crippen molar-refractivity contribution in [3.63, 3.8) is 0 Å². The highest BCUT2D eigenvalue weighted by atomic mass is 16.3. The van der Waals surface area contributed by atoms with E-state index in [1.165, 1.54) is 0 Å². The van der Waals surface area contributed by atoms with Crippen LogP contribution < -0.4 is 0 Å². The third-order valence-corrected chi connectivity index (χ3v) is 2.52. The molecular formula is C13H19NO2. The van der Waals surface area contributed by atoms with E-state index in [0.29, 0.717) is 25.4 Å². The fourth-order valence-electron chi connectivity index (χ4n) is 1.65. The van der Waals surface area contributed by atoms with Gasteiger partial charge in [-0.3, -0.25) is 4.90 Å². The Morgan fingerprint density at radius 1 is 1.44 bits per heavy atom. The smallest absolute Gasteiger partial charge is 0.122 e. The molecule has 2 N–H and O–H groups in total. The van der Waals surface area contributed by atoms with Gasteiger partial charge in [-0.05, 0) is 12.5 Å². The fraction of sp³-hybridized carbons (Fsp3) is 0.385. The van der Waals surface area contributed by atoms with Crippen LogP contribution in [-0.2, 0) is 6.54 Å². The molecule has 1 rings (SSSR count). The van der Waals surface area contributed by atoms with Crippen LogP contribution in [0.15, 0.2) is 30.9 Å². The lowest BCUT2D eigenvalue weighted by atomic mass is 10.1. The summed E-state index contributed by atoms with van der Waals surface area (Å²) in [4.78, 5) is 2.03. The van der Waals surface area contributed by atoms with Gasteiger partial charge in [-0.1, -0.05) is 24.3 Å². The molecule has 0 aliphatic rings. The molecule has 0 fully saturated rings. The van der Waals surface area contributed by atoms with E-state index in [9.17, 15) is 5.11 Å². The molecule has 0 radical (unpaired) electrons. The summed E-state index contributed by atoms with van der Waals surface area (Å²) in [5.41, 5.74) is 1.76. The Labute approximate surface area is 96.6 Å². The number of aryl methyl sites for hydroxylation is 1. The fourth-order valence-corrected chi connectivity index (χ4v) is 1.65. The lowest BCUT2D eigenvalue weighted by Crippen LogP contribution is -2.26. The summed E-state index contributed by atoms with van der Waals surface area (Å²) in [6.07, 6.45) is 1.79. The molecule has 0 aliphatic carbocycles. The highest BCUT2D eigenvalue weighted by Gasteiger charge is 2.08. The van der Waals surface area contributed by atoms with Crippen molar-refractivity contribution in [1.82, 2.24) is 4.90 Å². The highest BCUT2D eigenvalue weighted by Crippen LogP contribution is 2.22. The normalized spacial score (nSPS) is 10.7. The Bertz CT molecular complexity index is 350. The molecule has 0 bridgehead atoms. The van der Waals surface area contributed by atoms with Gasteiger partial charge >= 0.3 is 0 Å². The second-order valence-corrected chi connectivity index (χ2v) is 3.83. The van der Waals surface area contributed by atoms with E-state index in [2.05, 4.69) is 6.58 Å². The van der Waals surface area contributed by atoms with Crippen molar-refractivity contribution < 1.29 is 10.2 Å². The largest absolute Gasteiger partial charge is 0.507 e. The van der Waals surface area contributed by atoms with Crippen LogP contribution in [0, 0.1) is 6.92 Å². The van der Waals surface area contributed by atoms with Gasteiger partial charge in [-0.25, -0.2) is 0 Å². The van der Waals surface area contributed by atoms with Crippen LogP contribution in [0.1, 0.15) is 11.1 Å². The Kier molecular flexibility index (Phi) is 5.02. The van der Waals surface area contributed by atoms with Crippen LogP contribution in [0.3, 0.4) is 0 Å². The van der Waals surface area contributed by atoms with Crippen molar-refractivity contribution in [2.75, 3.05) is 19.7 Å². The molecule has 88 valence electrons. The van der Waals surface area contributed by atoms with Crippen LogP contribution in [-0.4, -0.2) is 34.8 Å². The molecule has 3 nitrogen and oxygen atoms in total. The minimum atomic E-state index is 0.112. The molecule has 1 aromatic rings. The standard InChI is InChI=1S/C13H19NO2/c1-3-7-14(8-9-15)10-12-6-4-5-11(2)13(12)16/h3-6,15-16H,1,7-10H2,2H3. The SMILES string of the molecule is C=CCN(CCO)Cc1cccc(C)c1O. The van der Waals surface area contributed by atoms with E-state index in [-0.39, 0.29) is 6.61 Å². The number of rotatable bonds is 6. The summed E-state index contributed by atoms with van der Waals surface area (Å²) in [7, 11) is 0. The Balaban J connectivity index is 2.76. The average Bonchev–Trinajstić information content (AvgIpc) is 2.25. The van der Waals surface area contributed by atoms with Gasteiger partial charge in [0.25, 0.3) is 0 Å². The Morgan fingerprint density at radius 2 is 2.19 bits per heavy atom. The predicted octanol–water partition coefficient (Wildman–Crippen LogP) is 1.68. The third-order valence-electron chi connectivity index (χ3n) is 2.52. The molecule has 0 heterocycles. The second kappa shape index (κ2) is 6.30. The summed E-state index contributed by atoms with van der Waals surface area (Å²) >= 11 is 0. The van der Waals surface area contributed by atoms with Gasteiger partial charge in [0.1, 0.15) is 5.75 Å². The minimum Gasteiger partial charge on any atom is -0.507 e. The van der Waals surface area contributed by atoms with Gasteiger partial charge in [0.15, 0.2) is 0 Å². The maximum absolute atomic E-state index is 9.87. The number of phenols is 1. The molecule has 0 aliphatic heterocycles. The zero-order valence-electron chi connectivity index (χ0n) is 9.69. The molecule has 0 saturated carbocycles. The summed E-state index contributed by atoms with van der Waals surface area (Å²) in [5, 5.41) is 18.8. The van der Waals surface area contributed by atoms with Gasteiger partial charge in [0.05, 0.1) is 6.61 Å². The molecule has 0 aromatic heterocycles. The first-order valence-electron chi connectivity index (χ1n) is 5.40. The van der Waals surface area contributed by atoms with Crippen LogP contribution in [0.2, 0.25) is 0 Å². The lowest BCUT2D eigenvalue weighted by Gasteiger charge is -2.20. The molecule has 3 heteroatoms. The maximum atomic E-state index is 9.87. The number of benzene rings is 1. The molecule has 0 amide bonds. The van der Waals surface area contributed by atoms with Crippen LogP contribution in [0.25, 0.3) is 0 Å². The molecule has 0 saturated heterocycles. The van der Waals surface area contributed by atoms with Crippen LogP contribution in [0.5, 0.6) is 5.75 Å². The van der Waals surface area contributed by atoms with Crippen molar-refractivity contribution in [2.45, 2.75) is 13.5 Å². The molecule has 0 atom stereocenters. The van der Waals surface area contributed by atoms with Crippen LogP contribution >= 0.6 is 0 Å². The molecule has 1 aromatic carbocycles. The van der Waals surface area contributed by atoms with E-state index in [0.717, 1.165) is 11.1 Å². The van der Waals surface area contributed by atoms with Crippen LogP contribution in [0.4, 0.5) is 0 Å². The number of aliphatic hydroxyl groups is 1. The highest BCUT2D eigenvalue weighted by molar-refractivity contribution is 5.39. The van der Waals surface area contributed by atoms with E-state index in [1.807, 2.05) is 30.0 Å². The van der Waals surface area contributed by atoms with Crippen molar-refractivity contribution >= 4 is 0 Å². The first kappa shape index (κ1) is 12.7. The summed E-state index contributed by atoms with van der Waals surface area (Å²) in [6, 6.07) is 5.70. The van der Waals surface area contributed by atoms with Crippen molar-refractivity contribution in [3.8, 4) is 5.75 Å². The van der Waals surface area contributed by atoms with Gasteiger partial charge in [0, 0.05) is 25.2 Å². The molecular weight excluding hydrogens is 202 g/mol. The average molecular weight is 221 g/mol. The second-order valence-electron chi connectivity index (χ2n) is 3.83. The number of aliphatic hydroxyl groups excluding tert-OH is 1. The van der Waals surface area contributed by atoms with Gasteiger partial charge in [0.2, 0.25) is 0 Å². The van der Waals surface area contributed by atoms with E-state index in [4.69, 9.17) is 5.11 Å². The summed E-state index contributed by atoms with van der Waals surface area (Å²) in [6.45, 7) is 7.58. The summed E-state index contributed by atoms with van der Waals surface area (Å²) in [5.74, 6) is 0.342. The third kappa shape index (κ3) is 3.36. The Morgan fingerprint density at radius 3 is 2.81 bits per heavy atom. The zero-order valence-corrected chi connectivity index (χ0v) is 9.69. The molecule has 0 spiro atoms. The monoisotopic (exact) mass is 221 g/mol. The van der Waals surface area contributed by atoms with E-state index in [1.54, 1.807) is 6.08 Å². The number of nitrogens with zero attached hydrogens (tertiary/aromatic N) is 1. The van der Waals surface area contributed by atoms with Crippen molar-refractivity contribution in [2.24, 2.45) is 0 Å². The number of aromatic hydroxyl groups is 1. The number of phenolic OH excluding ortho intramolecular Hbond substituents is 1. The topological polar surface area (TPSA) is 43.7 Å².